The van der Waals surface area contributed by atoms with E-state index in [0.717, 1.165) is 33.1 Å². The van der Waals surface area contributed by atoms with E-state index in [1.807, 2.05) is 61.5 Å². The quantitative estimate of drug-likeness (QED) is 0.470. The molecule has 2 aromatic heterocycles. The number of hydrogen-bond donors (Lipinski definition) is 1. The Hall–Kier alpha value is -3.31. The molecule has 5 heteroatoms. The predicted octanol–water partition coefficient (Wildman–Crippen LogP) is 5.67. The maximum atomic E-state index is 12.4. The van der Waals surface area contributed by atoms with E-state index in [1.54, 1.807) is 23.7 Å². The molecule has 1 N–H and O–H groups in total. The van der Waals surface area contributed by atoms with Gasteiger partial charge in [0.25, 0.3) is 0 Å². The Morgan fingerprint density at radius 3 is 2.41 bits per heavy atom. The summed E-state index contributed by atoms with van der Waals surface area (Å²) in [7, 11) is 0. The molecule has 0 spiro atoms. The Balaban J connectivity index is 1.42. The highest BCUT2D eigenvalue weighted by Crippen LogP contribution is 2.28. The van der Waals surface area contributed by atoms with Crippen LogP contribution in [-0.2, 0) is 11.2 Å². The molecule has 29 heavy (non-hydrogen) atoms. The van der Waals surface area contributed by atoms with Crippen LogP contribution in [0.2, 0.25) is 0 Å². The van der Waals surface area contributed by atoms with Crippen LogP contribution in [0.25, 0.3) is 21.8 Å². The second-order valence-electron chi connectivity index (χ2n) is 6.99. The number of nitrogens with zero attached hydrogens (tertiary/aromatic N) is 2. The molecule has 4 aromatic rings. The molecule has 0 radical (unpaired) electrons. The first-order chi connectivity index (χ1) is 14.1. The largest absolute Gasteiger partial charge is 0.326 e. The molecule has 0 bridgehead atoms. The van der Waals surface area contributed by atoms with Crippen LogP contribution in [0, 0.1) is 13.8 Å². The Labute approximate surface area is 174 Å². The van der Waals surface area contributed by atoms with Crippen LogP contribution >= 0.6 is 11.3 Å². The lowest BCUT2D eigenvalue weighted by molar-refractivity contribution is -0.115. The van der Waals surface area contributed by atoms with Gasteiger partial charge in [-0.2, -0.15) is 0 Å². The average molecular weight is 400 g/mol. The Kier molecular flexibility index (Phi) is 5.49. The van der Waals surface area contributed by atoms with Gasteiger partial charge in [-0.25, -0.2) is 4.98 Å². The van der Waals surface area contributed by atoms with E-state index in [1.165, 1.54) is 11.1 Å². The van der Waals surface area contributed by atoms with E-state index < -0.39 is 0 Å². The number of rotatable bonds is 5. The summed E-state index contributed by atoms with van der Waals surface area (Å²) in [6, 6.07) is 17.9. The minimum atomic E-state index is -0.0189. The van der Waals surface area contributed by atoms with E-state index >= 15 is 0 Å². The summed E-state index contributed by atoms with van der Waals surface area (Å²) in [6.45, 7) is 4.10. The van der Waals surface area contributed by atoms with Gasteiger partial charge in [0.15, 0.2) is 0 Å². The zero-order valence-electron chi connectivity index (χ0n) is 16.3. The number of nitrogens with one attached hydrogen (secondary N) is 1. The zero-order chi connectivity index (χ0) is 20.2. The molecule has 4 rings (SSSR count). The highest BCUT2D eigenvalue weighted by molar-refractivity contribution is 7.13. The number of benzene rings is 2. The van der Waals surface area contributed by atoms with Crippen LogP contribution in [0.3, 0.4) is 0 Å². The minimum Gasteiger partial charge on any atom is -0.326 e. The van der Waals surface area contributed by atoms with Crippen molar-refractivity contribution in [2.24, 2.45) is 0 Å². The molecule has 1 amide bonds. The molecular weight excluding hydrogens is 378 g/mol. The van der Waals surface area contributed by atoms with Crippen LogP contribution in [-0.4, -0.2) is 15.9 Å². The maximum Gasteiger partial charge on any atom is 0.228 e. The van der Waals surface area contributed by atoms with E-state index in [2.05, 4.69) is 22.6 Å². The molecule has 0 aliphatic heterocycles. The topological polar surface area (TPSA) is 54.9 Å². The van der Waals surface area contributed by atoms with Crippen LogP contribution < -0.4 is 5.32 Å². The molecule has 0 aliphatic carbocycles. The number of hydrogen-bond acceptors (Lipinski definition) is 4. The number of pyridine rings is 1. The third-order valence-corrected chi connectivity index (χ3v) is 5.73. The molecule has 144 valence electrons. The zero-order valence-corrected chi connectivity index (χ0v) is 17.2. The van der Waals surface area contributed by atoms with E-state index in [0.29, 0.717) is 6.42 Å². The molecule has 0 unspecified atom stereocenters. The summed E-state index contributed by atoms with van der Waals surface area (Å²) in [5.41, 5.74) is 7.23. The first-order valence-electron chi connectivity index (χ1n) is 9.41. The summed E-state index contributed by atoms with van der Waals surface area (Å²) >= 11 is 1.61. The fourth-order valence-corrected chi connectivity index (χ4v) is 3.87. The van der Waals surface area contributed by atoms with Crippen LogP contribution in [0.1, 0.15) is 16.7 Å². The average Bonchev–Trinajstić information content (AvgIpc) is 3.22. The van der Waals surface area contributed by atoms with Gasteiger partial charge in [0.2, 0.25) is 5.91 Å². The van der Waals surface area contributed by atoms with Crippen molar-refractivity contribution in [2.45, 2.75) is 20.3 Å². The highest BCUT2D eigenvalue weighted by atomic mass is 32.1. The fourth-order valence-electron chi connectivity index (χ4n) is 3.04. The van der Waals surface area contributed by atoms with Crippen LogP contribution in [0.15, 0.2) is 72.4 Å². The van der Waals surface area contributed by atoms with Crippen molar-refractivity contribution in [1.82, 2.24) is 9.97 Å². The number of aryl methyl sites for hydroxylation is 2. The summed E-state index contributed by atoms with van der Waals surface area (Å²) < 4.78 is 0. The number of carbonyl (C=O) groups excluding carboxylic acids is 1. The summed E-state index contributed by atoms with van der Waals surface area (Å²) in [4.78, 5) is 21.1. The third kappa shape index (κ3) is 4.58. The SMILES string of the molecule is Cc1ccc(NC(=O)Cc2ccc(-c3csc(-c4ccncc4)n3)cc2)cc1C. The lowest BCUT2D eigenvalue weighted by atomic mass is 10.1. The molecule has 0 fully saturated rings. The van der Waals surface area contributed by atoms with Gasteiger partial charge in [0.1, 0.15) is 5.01 Å². The van der Waals surface area contributed by atoms with Crippen molar-refractivity contribution >= 4 is 22.9 Å². The Bertz CT molecular complexity index is 1130. The number of anilines is 1. The summed E-state index contributed by atoms with van der Waals surface area (Å²) in [5.74, 6) is -0.0189. The number of aromatic nitrogens is 2. The summed E-state index contributed by atoms with van der Waals surface area (Å²) in [6.07, 6.45) is 3.88. The summed E-state index contributed by atoms with van der Waals surface area (Å²) in [5, 5.41) is 6.00. The van der Waals surface area contributed by atoms with E-state index in [-0.39, 0.29) is 5.91 Å². The van der Waals surface area contributed by atoms with Gasteiger partial charge in [-0.15, -0.1) is 11.3 Å². The van der Waals surface area contributed by atoms with Gasteiger partial charge in [0.05, 0.1) is 12.1 Å². The van der Waals surface area contributed by atoms with Gasteiger partial charge in [-0.3, -0.25) is 9.78 Å². The van der Waals surface area contributed by atoms with Crippen LogP contribution in [0.5, 0.6) is 0 Å². The molecular formula is C24H21N3OS. The molecule has 4 nitrogen and oxygen atoms in total. The Morgan fingerprint density at radius 2 is 1.69 bits per heavy atom. The number of carbonyl (C=O) groups is 1. The van der Waals surface area contributed by atoms with Crippen molar-refractivity contribution < 1.29 is 4.79 Å². The van der Waals surface area contributed by atoms with Gasteiger partial charge < -0.3 is 5.32 Å². The molecule has 2 aromatic carbocycles. The van der Waals surface area contributed by atoms with Crippen LogP contribution in [0.4, 0.5) is 5.69 Å². The highest BCUT2D eigenvalue weighted by Gasteiger charge is 2.08. The second-order valence-corrected chi connectivity index (χ2v) is 7.85. The van der Waals surface area contributed by atoms with Crippen molar-refractivity contribution in [3.63, 3.8) is 0 Å². The van der Waals surface area contributed by atoms with E-state index in [4.69, 9.17) is 4.98 Å². The number of thiazole rings is 1. The molecule has 0 atom stereocenters. The first-order valence-corrected chi connectivity index (χ1v) is 10.3. The lowest BCUT2D eigenvalue weighted by Gasteiger charge is -2.08. The fraction of sp³-hybridized carbons (Fsp3) is 0.125. The smallest absolute Gasteiger partial charge is 0.228 e. The Morgan fingerprint density at radius 1 is 0.931 bits per heavy atom. The number of amides is 1. The molecule has 0 saturated carbocycles. The van der Waals surface area contributed by atoms with Crippen molar-refractivity contribution in [3.05, 3.63) is 89.1 Å². The lowest BCUT2D eigenvalue weighted by Crippen LogP contribution is -2.14. The second kappa shape index (κ2) is 8.37. The van der Waals surface area contributed by atoms with Gasteiger partial charge in [-0.1, -0.05) is 30.3 Å². The van der Waals surface area contributed by atoms with Crippen molar-refractivity contribution in [1.29, 1.82) is 0 Å². The monoisotopic (exact) mass is 399 g/mol. The molecule has 0 aliphatic rings. The normalized spacial score (nSPS) is 10.7. The predicted molar refractivity (Wildman–Crippen MR) is 119 cm³/mol. The molecule has 2 heterocycles. The maximum absolute atomic E-state index is 12.4. The third-order valence-electron chi connectivity index (χ3n) is 4.84. The first kappa shape index (κ1) is 19.0. The van der Waals surface area contributed by atoms with Gasteiger partial charge >= 0.3 is 0 Å². The van der Waals surface area contributed by atoms with Crippen molar-refractivity contribution in [2.75, 3.05) is 5.32 Å². The van der Waals surface area contributed by atoms with Gasteiger partial charge in [0, 0.05) is 34.6 Å². The van der Waals surface area contributed by atoms with Gasteiger partial charge in [-0.05, 0) is 54.8 Å². The minimum absolute atomic E-state index is 0.0189. The standard InChI is InChI=1S/C24H21N3OS/c1-16-3-8-21(13-17(16)2)26-23(28)14-18-4-6-19(7-5-18)22-15-29-24(27-22)20-9-11-25-12-10-20/h3-13,15H,14H2,1-2H3,(H,26,28). The molecule has 0 saturated heterocycles. The van der Waals surface area contributed by atoms with E-state index in [9.17, 15) is 4.79 Å². The van der Waals surface area contributed by atoms with Crippen molar-refractivity contribution in [3.8, 4) is 21.8 Å².